The molecule has 1 aliphatic rings. The zero-order chi connectivity index (χ0) is 14.6. The van der Waals surface area contributed by atoms with E-state index in [1.165, 1.54) is 0 Å². The van der Waals surface area contributed by atoms with Crippen molar-refractivity contribution >= 4 is 46.7 Å². The average molecular weight is 327 g/mol. The highest BCUT2D eigenvalue weighted by atomic mass is 35.5. The van der Waals surface area contributed by atoms with Gasteiger partial charge in [0.1, 0.15) is 10.6 Å². The highest BCUT2D eigenvalue weighted by Crippen LogP contribution is 2.29. The first-order valence-corrected chi connectivity index (χ1v) is 6.83. The summed E-state index contributed by atoms with van der Waals surface area (Å²) in [5, 5.41) is 0.0404. The van der Waals surface area contributed by atoms with Gasteiger partial charge in [-0.15, -0.1) is 0 Å². The molecule has 0 fully saturated rings. The lowest BCUT2D eigenvalue weighted by molar-refractivity contribution is -0.155. The smallest absolute Gasteiger partial charge is 0.310 e. The quantitative estimate of drug-likeness (QED) is 0.638. The number of carbonyl (C=O) groups excluding carboxylic acids is 2. The third-order valence-electron chi connectivity index (χ3n) is 2.93. The van der Waals surface area contributed by atoms with Crippen LogP contribution < -0.4 is 5.73 Å². The fraction of sp³-hybridized carbons (Fsp3) is 0.500. The molecule has 0 radical (unpaired) electrons. The Labute approximate surface area is 126 Å². The van der Waals surface area contributed by atoms with Gasteiger partial charge in [-0.25, -0.2) is 0 Å². The molecule has 106 valence electrons. The molecule has 7 heteroatoms. The van der Waals surface area contributed by atoms with Gasteiger partial charge in [-0.1, -0.05) is 47.0 Å². The molecule has 0 aromatic heterocycles. The third-order valence-corrected chi connectivity index (χ3v) is 4.03. The van der Waals surface area contributed by atoms with E-state index in [0.29, 0.717) is 12.8 Å². The Bertz CT molecular complexity index is 430. The molecule has 0 spiro atoms. The fourth-order valence-electron chi connectivity index (χ4n) is 1.86. The molecular weight excluding hydrogens is 312 g/mol. The maximum absolute atomic E-state index is 12.0. The molecule has 0 aliphatic heterocycles. The van der Waals surface area contributed by atoms with Crippen molar-refractivity contribution < 1.29 is 14.3 Å². The van der Waals surface area contributed by atoms with Gasteiger partial charge in [0.15, 0.2) is 0 Å². The molecule has 1 aliphatic carbocycles. The lowest BCUT2D eigenvalue weighted by Gasteiger charge is -2.25. The van der Waals surface area contributed by atoms with E-state index in [-0.39, 0.29) is 9.52 Å². The summed E-state index contributed by atoms with van der Waals surface area (Å²) in [7, 11) is 0. The Kier molecular flexibility index (Phi) is 6.17. The number of ether oxygens (including phenoxy) is 1. The van der Waals surface area contributed by atoms with E-state index in [1.807, 2.05) is 12.2 Å². The normalized spacial score (nSPS) is 23.6. The zero-order valence-electron chi connectivity index (χ0n) is 10.2. The van der Waals surface area contributed by atoms with Gasteiger partial charge in [-0.3, -0.25) is 9.59 Å². The van der Waals surface area contributed by atoms with Gasteiger partial charge in [0.2, 0.25) is 5.91 Å². The number of primary amides is 1. The summed E-state index contributed by atoms with van der Waals surface area (Å²) in [6.07, 6.45) is 3.73. The van der Waals surface area contributed by atoms with Gasteiger partial charge in [-0.05, 0) is 19.8 Å². The van der Waals surface area contributed by atoms with Crippen molar-refractivity contribution in [2.75, 3.05) is 0 Å². The van der Waals surface area contributed by atoms with Crippen LogP contribution in [0.2, 0.25) is 0 Å². The fourth-order valence-corrected chi connectivity index (χ4v) is 2.21. The SMILES string of the molecule is C[C@@H](OC(=O)[C@H]1CC=CC[C@H]1C(N)=O)C(Cl)=C(Cl)Cl. The van der Waals surface area contributed by atoms with Crippen molar-refractivity contribution in [1.82, 2.24) is 0 Å². The highest BCUT2D eigenvalue weighted by Gasteiger charge is 2.34. The molecule has 0 saturated heterocycles. The van der Waals surface area contributed by atoms with Crippen molar-refractivity contribution in [1.29, 1.82) is 0 Å². The van der Waals surface area contributed by atoms with Gasteiger partial charge >= 0.3 is 5.97 Å². The molecule has 1 rings (SSSR count). The first-order valence-electron chi connectivity index (χ1n) is 5.70. The number of halogens is 3. The second-order valence-electron chi connectivity index (χ2n) is 4.25. The number of esters is 1. The largest absolute Gasteiger partial charge is 0.457 e. The standard InChI is InChI=1S/C12H14Cl3NO3/c1-6(9(13)10(14)15)19-12(18)8-5-3-2-4-7(8)11(16)17/h2-3,6-8H,4-5H2,1H3,(H2,16,17)/t6-,7-,8+/m1/s1. The summed E-state index contributed by atoms with van der Waals surface area (Å²) in [6, 6.07) is 0. The van der Waals surface area contributed by atoms with Crippen LogP contribution in [-0.2, 0) is 14.3 Å². The molecule has 1 amide bonds. The molecule has 0 saturated carbocycles. The van der Waals surface area contributed by atoms with Gasteiger partial charge in [0.05, 0.1) is 16.9 Å². The van der Waals surface area contributed by atoms with E-state index in [9.17, 15) is 9.59 Å². The number of hydrogen-bond acceptors (Lipinski definition) is 3. The van der Waals surface area contributed by atoms with E-state index in [0.717, 1.165) is 0 Å². The first-order chi connectivity index (χ1) is 8.84. The number of hydrogen-bond donors (Lipinski definition) is 1. The van der Waals surface area contributed by atoms with E-state index < -0.39 is 29.8 Å². The van der Waals surface area contributed by atoms with E-state index >= 15 is 0 Å². The van der Waals surface area contributed by atoms with Gasteiger partial charge < -0.3 is 10.5 Å². The number of amides is 1. The summed E-state index contributed by atoms with van der Waals surface area (Å²) in [4.78, 5) is 23.3. The topological polar surface area (TPSA) is 69.4 Å². The molecule has 4 nitrogen and oxygen atoms in total. The molecule has 0 aromatic carbocycles. The van der Waals surface area contributed by atoms with Crippen LogP contribution in [0.1, 0.15) is 19.8 Å². The second kappa shape index (κ2) is 7.17. The number of rotatable bonds is 4. The van der Waals surface area contributed by atoms with Crippen LogP contribution in [0.15, 0.2) is 21.7 Å². The van der Waals surface area contributed by atoms with Gasteiger partial charge in [-0.2, -0.15) is 0 Å². The zero-order valence-corrected chi connectivity index (χ0v) is 12.5. The Hall–Kier alpha value is -0.710. The van der Waals surface area contributed by atoms with Crippen molar-refractivity contribution in [3.05, 3.63) is 21.7 Å². The summed E-state index contributed by atoms with van der Waals surface area (Å²) in [5.41, 5.74) is 5.28. The first kappa shape index (κ1) is 16.3. The van der Waals surface area contributed by atoms with E-state index in [1.54, 1.807) is 6.92 Å². The number of allylic oxidation sites excluding steroid dienone is 2. The average Bonchev–Trinajstić information content (AvgIpc) is 2.37. The van der Waals surface area contributed by atoms with Crippen LogP contribution in [0.5, 0.6) is 0 Å². The van der Waals surface area contributed by atoms with Crippen molar-refractivity contribution in [2.45, 2.75) is 25.9 Å². The third kappa shape index (κ3) is 4.41. The molecule has 0 heterocycles. The molecule has 0 unspecified atom stereocenters. The Morgan fingerprint density at radius 2 is 1.74 bits per heavy atom. The summed E-state index contributed by atoms with van der Waals surface area (Å²) in [6.45, 7) is 1.54. The molecule has 3 atom stereocenters. The summed E-state index contributed by atoms with van der Waals surface area (Å²) < 4.78 is 5.00. The van der Waals surface area contributed by atoms with Crippen molar-refractivity contribution in [3.8, 4) is 0 Å². The number of carbonyl (C=O) groups is 2. The maximum atomic E-state index is 12.0. The maximum Gasteiger partial charge on any atom is 0.310 e. The predicted octanol–water partition coefficient (Wildman–Crippen LogP) is 2.87. The van der Waals surface area contributed by atoms with Crippen LogP contribution >= 0.6 is 34.8 Å². The second-order valence-corrected chi connectivity index (χ2v) is 5.60. The number of nitrogens with two attached hydrogens (primary N) is 1. The van der Waals surface area contributed by atoms with Crippen molar-refractivity contribution in [3.63, 3.8) is 0 Å². The highest BCUT2D eigenvalue weighted by molar-refractivity contribution is 6.59. The molecular formula is C12H14Cl3NO3. The minimum Gasteiger partial charge on any atom is -0.457 e. The summed E-state index contributed by atoms with van der Waals surface area (Å²) in [5.74, 6) is -2.20. The van der Waals surface area contributed by atoms with E-state index in [2.05, 4.69) is 0 Å². The lowest BCUT2D eigenvalue weighted by atomic mass is 9.82. The Balaban J connectivity index is 2.74. The van der Waals surface area contributed by atoms with Crippen LogP contribution in [0.25, 0.3) is 0 Å². The van der Waals surface area contributed by atoms with Crippen molar-refractivity contribution in [2.24, 2.45) is 17.6 Å². The van der Waals surface area contributed by atoms with Crippen LogP contribution in [-0.4, -0.2) is 18.0 Å². The van der Waals surface area contributed by atoms with Gasteiger partial charge in [0, 0.05) is 0 Å². The molecule has 0 aromatic rings. The summed E-state index contributed by atoms with van der Waals surface area (Å²) >= 11 is 16.8. The van der Waals surface area contributed by atoms with Crippen LogP contribution in [0, 0.1) is 11.8 Å². The molecule has 0 bridgehead atoms. The minimum absolute atomic E-state index is 0.0404. The van der Waals surface area contributed by atoms with Gasteiger partial charge in [0.25, 0.3) is 0 Å². The Morgan fingerprint density at radius 3 is 2.21 bits per heavy atom. The lowest BCUT2D eigenvalue weighted by Crippen LogP contribution is -2.37. The monoisotopic (exact) mass is 325 g/mol. The Morgan fingerprint density at radius 1 is 1.21 bits per heavy atom. The minimum atomic E-state index is -0.765. The molecule has 19 heavy (non-hydrogen) atoms. The van der Waals surface area contributed by atoms with Crippen LogP contribution in [0.3, 0.4) is 0 Å². The predicted molar refractivity (Wildman–Crippen MR) is 74.7 cm³/mol. The van der Waals surface area contributed by atoms with E-state index in [4.69, 9.17) is 45.3 Å². The van der Waals surface area contributed by atoms with Crippen LogP contribution in [0.4, 0.5) is 0 Å². The molecule has 2 N–H and O–H groups in total.